The summed E-state index contributed by atoms with van der Waals surface area (Å²) in [5, 5.41) is 0.799. The van der Waals surface area contributed by atoms with Gasteiger partial charge in [0.1, 0.15) is 0 Å². The van der Waals surface area contributed by atoms with Gasteiger partial charge in [-0.3, -0.25) is 0 Å². The van der Waals surface area contributed by atoms with Crippen LogP contribution >= 0.6 is 0 Å². The van der Waals surface area contributed by atoms with Crippen LogP contribution in [0, 0.1) is 6.26 Å². The van der Waals surface area contributed by atoms with Gasteiger partial charge in [0.25, 0.3) is 0 Å². The minimum Gasteiger partial charge on any atom is -0.224 e. The van der Waals surface area contributed by atoms with Crippen LogP contribution in [0.5, 0.6) is 0 Å². The Bertz CT molecular complexity index is 119. The third-order valence-corrected chi connectivity index (χ3v) is 0.762. The van der Waals surface area contributed by atoms with Crippen molar-refractivity contribution >= 4 is 9.84 Å². The molecule has 1 radical (unpaired) electrons. The van der Waals surface area contributed by atoms with Crippen LogP contribution < -0.4 is 0 Å². The van der Waals surface area contributed by atoms with Crippen LogP contribution in [-0.4, -0.2) is 8.42 Å². The molecule has 3 heteroatoms. The summed E-state index contributed by atoms with van der Waals surface area (Å²) < 4.78 is 19.5. The van der Waals surface area contributed by atoms with Gasteiger partial charge in [-0.1, -0.05) is 6.58 Å². The number of hydrogen-bond donors (Lipinski definition) is 0. The van der Waals surface area contributed by atoms with Gasteiger partial charge >= 0.3 is 0 Å². The van der Waals surface area contributed by atoms with Crippen LogP contribution in [0.2, 0.25) is 0 Å². The van der Waals surface area contributed by atoms with Crippen molar-refractivity contribution < 1.29 is 8.42 Å². The van der Waals surface area contributed by atoms with E-state index in [1.807, 2.05) is 0 Å². The first-order chi connectivity index (χ1) is 2.56. The highest BCUT2D eigenvalue weighted by Crippen LogP contribution is 1.80. The van der Waals surface area contributed by atoms with Crippen molar-refractivity contribution in [1.82, 2.24) is 0 Å². The predicted octanol–water partition coefficient (Wildman–Crippen LogP) is 0.336. The lowest BCUT2D eigenvalue weighted by molar-refractivity contribution is 0.612. The van der Waals surface area contributed by atoms with Gasteiger partial charge in [0.2, 0.25) is 0 Å². The molecule has 0 amide bonds. The van der Waals surface area contributed by atoms with Gasteiger partial charge < -0.3 is 0 Å². The molecule has 6 heavy (non-hydrogen) atoms. The average molecular weight is 105 g/mol. The van der Waals surface area contributed by atoms with E-state index < -0.39 is 9.84 Å². The van der Waals surface area contributed by atoms with Crippen LogP contribution in [0.3, 0.4) is 0 Å². The second-order valence-corrected chi connectivity index (χ2v) is 2.49. The summed E-state index contributed by atoms with van der Waals surface area (Å²) in [6, 6.07) is 0. The molecule has 0 aromatic heterocycles. The smallest absolute Gasteiger partial charge is 0.172 e. The van der Waals surface area contributed by atoms with Crippen molar-refractivity contribution in [2.75, 3.05) is 0 Å². The molecule has 0 aliphatic rings. The number of hydrogen-bond acceptors (Lipinski definition) is 2. The van der Waals surface area contributed by atoms with Crippen molar-refractivity contribution in [3.63, 3.8) is 0 Å². The Kier molecular flexibility index (Phi) is 1.35. The Balaban J connectivity index is 4.25. The monoisotopic (exact) mass is 105 g/mol. The molecule has 0 heterocycles. The van der Waals surface area contributed by atoms with Crippen molar-refractivity contribution in [3.05, 3.63) is 18.2 Å². The van der Waals surface area contributed by atoms with Gasteiger partial charge in [-0.05, 0) is 0 Å². The van der Waals surface area contributed by atoms with Crippen molar-refractivity contribution in [2.45, 2.75) is 0 Å². The Hall–Kier alpha value is -0.310. The maximum Gasteiger partial charge on any atom is 0.172 e. The second-order valence-electron chi connectivity index (χ2n) is 0.830. The van der Waals surface area contributed by atoms with E-state index in [9.17, 15) is 8.42 Å². The summed E-state index contributed by atoms with van der Waals surface area (Å²) in [7, 11) is -3.15. The normalized spacial score (nSPS) is 10.8. The maximum absolute atomic E-state index is 9.77. The van der Waals surface area contributed by atoms with Gasteiger partial charge in [0, 0.05) is 5.41 Å². The first-order valence-corrected chi connectivity index (χ1v) is 2.98. The fraction of sp³-hybridized carbons (Fsp3) is 0. The molecule has 0 saturated carbocycles. The Morgan fingerprint density at radius 3 is 1.67 bits per heavy atom. The molecule has 0 aromatic rings. The summed E-state index contributed by atoms with van der Waals surface area (Å²) in [5.41, 5.74) is 0. The van der Waals surface area contributed by atoms with Gasteiger partial charge in [0.05, 0.1) is 6.26 Å². The van der Waals surface area contributed by atoms with Crippen molar-refractivity contribution in [3.8, 4) is 0 Å². The van der Waals surface area contributed by atoms with E-state index in [1.54, 1.807) is 0 Å². The molecular weight excluding hydrogens is 100 g/mol. The zero-order valence-electron chi connectivity index (χ0n) is 3.22. The summed E-state index contributed by atoms with van der Waals surface area (Å²) >= 11 is 0. The molecule has 0 fully saturated rings. The third-order valence-electron chi connectivity index (χ3n) is 0.254. The zero-order chi connectivity index (χ0) is 5.21. The lowest BCUT2D eigenvalue weighted by Crippen LogP contribution is -1.80. The van der Waals surface area contributed by atoms with Crippen LogP contribution in [0.1, 0.15) is 0 Å². The van der Waals surface area contributed by atoms with E-state index in [0.717, 1.165) is 5.41 Å². The molecule has 0 aliphatic heterocycles. The van der Waals surface area contributed by atoms with Crippen LogP contribution in [0.4, 0.5) is 0 Å². The molecule has 0 N–H and O–H groups in total. The predicted molar refractivity (Wildman–Crippen MR) is 24.5 cm³/mol. The van der Waals surface area contributed by atoms with Gasteiger partial charge in [-0.15, -0.1) is 0 Å². The lowest BCUT2D eigenvalue weighted by atomic mass is 11.3. The van der Waals surface area contributed by atoms with E-state index >= 15 is 0 Å². The molecule has 0 saturated heterocycles. The highest BCUT2D eigenvalue weighted by atomic mass is 32.2. The third kappa shape index (κ3) is 3.69. The summed E-state index contributed by atoms with van der Waals surface area (Å²) in [4.78, 5) is 0. The summed E-state index contributed by atoms with van der Waals surface area (Å²) in [5.74, 6) is 0. The molecule has 0 aromatic carbocycles. The van der Waals surface area contributed by atoms with E-state index in [4.69, 9.17) is 0 Å². The average Bonchev–Trinajstić information content (AvgIpc) is 1.35. The van der Waals surface area contributed by atoms with E-state index in [2.05, 4.69) is 12.8 Å². The molecule has 2 nitrogen and oxygen atoms in total. The Morgan fingerprint density at radius 1 is 1.50 bits per heavy atom. The standard InChI is InChI=1S/C3H5O2S/c1-3-6(2,4)5/h3H,1-2H2. The highest BCUT2D eigenvalue weighted by molar-refractivity contribution is 7.95. The van der Waals surface area contributed by atoms with Crippen LogP contribution in [-0.2, 0) is 9.84 Å². The van der Waals surface area contributed by atoms with Gasteiger partial charge in [-0.2, -0.15) is 0 Å². The molecule has 0 spiro atoms. The number of sulfone groups is 1. The van der Waals surface area contributed by atoms with Gasteiger partial charge in [0.15, 0.2) is 9.84 Å². The fourth-order valence-electron chi connectivity index (χ4n) is 0. The van der Waals surface area contributed by atoms with Crippen molar-refractivity contribution in [1.29, 1.82) is 0 Å². The summed E-state index contributed by atoms with van der Waals surface area (Å²) in [6.07, 6.45) is 2.74. The Morgan fingerprint density at radius 2 is 1.67 bits per heavy atom. The largest absolute Gasteiger partial charge is 0.224 e. The molecule has 0 unspecified atom stereocenters. The molecule has 0 bridgehead atoms. The van der Waals surface area contributed by atoms with E-state index in [-0.39, 0.29) is 0 Å². The van der Waals surface area contributed by atoms with Crippen molar-refractivity contribution in [2.24, 2.45) is 0 Å². The molecule has 35 valence electrons. The first kappa shape index (κ1) is 5.69. The minimum absolute atomic E-state index is 0.799. The van der Waals surface area contributed by atoms with E-state index in [1.165, 1.54) is 0 Å². The molecule has 0 aliphatic carbocycles. The minimum atomic E-state index is -3.15. The topological polar surface area (TPSA) is 34.1 Å². The molecule has 0 atom stereocenters. The quantitative estimate of drug-likeness (QED) is 0.481. The SMILES string of the molecule is [CH2]S(=O)(=O)C=C. The maximum atomic E-state index is 9.77. The molecular formula is C3H5O2S. The highest BCUT2D eigenvalue weighted by Gasteiger charge is 1.85. The fourth-order valence-corrected chi connectivity index (χ4v) is 0. The Labute approximate surface area is 37.4 Å². The summed E-state index contributed by atoms with van der Waals surface area (Å²) in [6.45, 7) is 2.98. The van der Waals surface area contributed by atoms with Crippen LogP contribution in [0.25, 0.3) is 0 Å². The first-order valence-electron chi connectivity index (χ1n) is 1.27. The lowest BCUT2D eigenvalue weighted by Gasteiger charge is -1.73. The molecule has 0 rings (SSSR count). The van der Waals surface area contributed by atoms with Gasteiger partial charge in [-0.25, -0.2) is 8.42 Å². The number of rotatable bonds is 1. The zero-order valence-corrected chi connectivity index (χ0v) is 4.03. The second kappa shape index (κ2) is 1.43. The van der Waals surface area contributed by atoms with E-state index in [0.29, 0.717) is 0 Å². The van der Waals surface area contributed by atoms with Crippen LogP contribution in [0.15, 0.2) is 12.0 Å².